The number of fused-ring (bicyclic) bond motifs is 1. The Morgan fingerprint density at radius 1 is 1.00 bits per heavy atom. The van der Waals surface area contributed by atoms with Gasteiger partial charge in [0.2, 0.25) is 0 Å². The fourth-order valence-corrected chi connectivity index (χ4v) is 2.91. The molecule has 0 saturated heterocycles. The van der Waals surface area contributed by atoms with Crippen LogP contribution in [0.2, 0.25) is 0 Å². The van der Waals surface area contributed by atoms with Crippen LogP contribution in [0.5, 0.6) is 0 Å². The second-order valence-electron chi connectivity index (χ2n) is 4.03. The number of benzene rings is 2. The smallest absolute Gasteiger partial charge is 0.104 e. The van der Waals surface area contributed by atoms with E-state index in [-0.39, 0.29) is 0 Å². The number of nitrogens with zero attached hydrogens (tertiary/aromatic N) is 1. The van der Waals surface area contributed by atoms with Crippen molar-refractivity contribution in [1.29, 1.82) is 5.26 Å². The van der Waals surface area contributed by atoms with Crippen LogP contribution >= 0.6 is 11.3 Å². The third-order valence-corrected chi connectivity index (χ3v) is 3.82. The van der Waals surface area contributed by atoms with E-state index in [1.54, 1.807) is 0 Å². The number of thiophene rings is 1. The maximum absolute atomic E-state index is 9.20. The molecule has 0 atom stereocenters. The second kappa shape index (κ2) is 4.17. The monoisotopic (exact) mass is 250 g/mol. The summed E-state index contributed by atoms with van der Waals surface area (Å²) < 4.78 is 0. The number of rotatable bonds is 1. The first-order valence-electron chi connectivity index (χ1n) is 5.56. The van der Waals surface area contributed by atoms with Crippen molar-refractivity contribution in [1.82, 2.24) is 0 Å². The Morgan fingerprint density at radius 3 is 2.61 bits per heavy atom. The molecule has 1 aromatic heterocycles. The largest absolute Gasteiger partial charge is 0.389 e. The molecule has 0 aliphatic heterocycles. The zero-order valence-electron chi connectivity index (χ0n) is 9.55. The van der Waals surface area contributed by atoms with Crippen molar-refractivity contribution < 1.29 is 0 Å². The SMILES string of the molecule is N#Cc1c(-c2cccc3ccccc23)csc1N. The first-order chi connectivity index (χ1) is 8.81. The van der Waals surface area contributed by atoms with Crippen molar-refractivity contribution in [2.75, 3.05) is 5.73 Å². The molecule has 3 heteroatoms. The molecule has 2 aromatic carbocycles. The van der Waals surface area contributed by atoms with Crippen LogP contribution in [0.4, 0.5) is 5.00 Å². The van der Waals surface area contributed by atoms with Crippen LogP contribution in [-0.2, 0) is 0 Å². The quantitative estimate of drug-likeness (QED) is 0.709. The Hall–Kier alpha value is -2.31. The lowest BCUT2D eigenvalue weighted by Gasteiger charge is -2.05. The number of anilines is 1. The zero-order chi connectivity index (χ0) is 12.5. The van der Waals surface area contributed by atoms with E-state index < -0.39 is 0 Å². The first-order valence-corrected chi connectivity index (χ1v) is 6.44. The lowest BCUT2D eigenvalue weighted by molar-refractivity contribution is 1.51. The Bertz CT molecular complexity index is 760. The summed E-state index contributed by atoms with van der Waals surface area (Å²) >= 11 is 1.41. The Kier molecular flexibility index (Phi) is 2.51. The summed E-state index contributed by atoms with van der Waals surface area (Å²) in [6, 6.07) is 16.5. The number of hydrogen-bond acceptors (Lipinski definition) is 3. The second-order valence-corrected chi connectivity index (χ2v) is 4.94. The zero-order valence-corrected chi connectivity index (χ0v) is 10.4. The molecular formula is C15H10N2S. The van der Waals surface area contributed by atoms with Gasteiger partial charge >= 0.3 is 0 Å². The highest BCUT2D eigenvalue weighted by Gasteiger charge is 2.12. The molecule has 0 spiro atoms. The predicted molar refractivity (Wildman–Crippen MR) is 76.4 cm³/mol. The van der Waals surface area contributed by atoms with E-state index >= 15 is 0 Å². The number of hydrogen-bond donors (Lipinski definition) is 1. The fraction of sp³-hybridized carbons (Fsp3) is 0. The van der Waals surface area contributed by atoms with Gasteiger partial charge in [-0.1, -0.05) is 42.5 Å². The van der Waals surface area contributed by atoms with Crippen molar-refractivity contribution in [3.05, 3.63) is 53.4 Å². The molecule has 0 bridgehead atoms. The number of nitriles is 1. The van der Waals surface area contributed by atoms with Crippen molar-refractivity contribution in [2.24, 2.45) is 0 Å². The predicted octanol–water partition coefficient (Wildman–Crippen LogP) is 4.02. The van der Waals surface area contributed by atoms with Gasteiger partial charge in [0, 0.05) is 10.9 Å². The van der Waals surface area contributed by atoms with E-state index in [9.17, 15) is 5.26 Å². The topological polar surface area (TPSA) is 49.8 Å². The number of nitrogen functional groups attached to an aromatic ring is 1. The Morgan fingerprint density at radius 2 is 1.78 bits per heavy atom. The molecule has 86 valence electrons. The summed E-state index contributed by atoms with van der Waals surface area (Å²) in [6.45, 7) is 0. The standard InChI is InChI=1S/C15H10N2S/c16-8-13-14(9-18-15(13)17)12-7-3-5-10-4-1-2-6-11(10)12/h1-7,9H,17H2. The molecule has 18 heavy (non-hydrogen) atoms. The van der Waals surface area contributed by atoms with E-state index in [2.05, 4.69) is 24.3 Å². The highest BCUT2D eigenvalue weighted by molar-refractivity contribution is 7.14. The van der Waals surface area contributed by atoms with Crippen molar-refractivity contribution in [2.45, 2.75) is 0 Å². The summed E-state index contributed by atoms with van der Waals surface area (Å²) in [6.07, 6.45) is 0. The summed E-state index contributed by atoms with van der Waals surface area (Å²) in [7, 11) is 0. The number of nitrogens with two attached hydrogens (primary N) is 1. The maximum atomic E-state index is 9.20. The van der Waals surface area contributed by atoms with Crippen LogP contribution < -0.4 is 5.73 Å². The van der Waals surface area contributed by atoms with E-state index in [0.29, 0.717) is 10.6 Å². The van der Waals surface area contributed by atoms with Gasteiger partial charge in [0.05, 0.1) is 5.56 Å². The summed E-state index contributed by atoms with van der Waals surface area (Å²) in [4.78, 5) is 0. The summed E-state index contributed by atoms with van der Waals surface area (Å²) in [5.41, 5.74) is 8.40. The van der Waals surface area contributed by atoms with Crippen LogP contribution in [-0.4, -0.2) is 0 Å². The molecule has 0 amide bonds. The van der Waals surface area contributed by atoms with Gasteiger partial charge in [0.25, 0.3) is 0 Å². The van der Waals surface area contributed by atoms with Gasteiger partial charge in [-0.3, -0.25) is 0 Å². The molecule has 0 unspecified atom stereocenters. The maximum Gasteiger partial charge on any atom is 0.104 e. The van der Waals surface area contributed by atoms with Crippen molar-refractivity contribution in [3.63, 3.8) is 0 Å². The minimum atomic E-state index is 0.580. The fourth-order valence-electron chi connectivity index (χ4n) is 2.15. The van der Waals surface area contributed by atoms with E-state index in [1.807, 2.05) is 29.6 Å². The summed E-state index contributed by atoms with van der Waals surface area (Å²) in [5, 5.41) is 14.1. The molecule has 0 aliphatic rings. The van der Waals surface area contributed by atoms with Gasteiger partial charge in [-0.15, -0.1) is 11.3 Å². The van der Waals surface area contributed by atoms with E-state index in [0.717, 1.165) is 16.5 Å². The molecule has 3 aromatic rings. The Balaban J connectivity index is 2.36. The lowest BCUT2D eigenvalue weighted by atomic mass is 9.98. The molecule has 0 aliphatic carbocycles. The molecule has 1 heterocycles. The third kappa shape index (κ3) is 1.55. The lowest BCUT2D eigenvalue weighted by Crippen LogP contribution is -1.86. The van der Waals surface area contributed by atoms with E-state index in [4.69, 9.17) is 5.73 Å². The normalized spacial score (nSPS) is 10.4. The van der Waals surface area contributed by atoms with Crippen LogP contribution in [0.25, 0.3) is 21.9 Å². The molecular weight excluding hydrogens is 240 g/mol. The molecule has 0 fully saturated rings. The van der Waals surface area contributed by atoms with E-state index in [1.165, 1.54) is 16.7 Å². The first kappa shape index (κ1) is 10.8. The van der Waals surface area contributed by atoms with Gasteiger partial charge in [-0.25, -0.2) is 0 Å². The molecule has 0 radical (unpaired) electrons. The molecule has 2 N–H and O–H groups in total. The van der Waals surface area contributed by atoms with Gasteiger partial charge in [-0.2, -0.15) is 5.26 Å². The van der Waals surface area contributed by atoms with Gasteiger partial charge in [0.15, 0.2) is 0 Å². The Labute approximate surface area is 109 Å². The van der Waals surface area contributed by atoms with Crippen LogP contribution in [0, 0.1) is 11.3 Å². The van der Waals surface area contributed by atoms with Crippen LogP contribution in [0.1, 0.15) is 5.56 Å². The molecule has 3 rings (SSSR count). The van der Waals surface area contributed by atoms with Gasteiger partial charge in [-0.05, 0) is 16.3 Å². The van der Waals surface area contributed by atoms with Gasteiger partial charge in [0.1, 0.15) is 11.1 Å². The van der Waals surface area contributed by atoms with Crippen LogP contribution in [0.15, 0.2) is 47.8 Å². The third-order valence-electron chi connectivity index (χ3n) is 3.01. The molecule has 0 saturated carbocycles. The van der Waals surface area contributed by atoms with Crippen LogP contribution in [0.3, 0.4) is 0 Å². The van der Waals surface area contributed by atoms with Crippen molar-refractivity contribution in [3.8, 4) is 17.2 Å². The van der Waals surface area contributed by atoms with Crippen molar-refractivity contribution >= 4 is 27.1 Å². The van der Waals surface area contributed by atoms with Gasteiger partial charge < -0.3 is 5.73 Å². The average molecular weight is 250 g/mol. The summed E-state index contributed by atoms with van der Waals surface area (Å²) in [5.74, 6) is 0. The minimum Gasteiger partial charge on any atom is -0.389 e. The molecule has 2 nitrogen and oxygen atoms in total. The minimum absolute atomic E-state index is 0.580. The average Bonchev–Trinajstić information content (AvgIpc) is 2.79. The highest BCUT2D eigenvalue weighted by Crippen LogP contribution is 2.36. The highest BCUT2D eigenvalue weighted by atomic mass is 32.1.